The maximum Gasteiger partial charge on any atom is 0.252 e. The molecule has 184 valence electrons. The first-order valence-corrected chi connectivity index (χ1v) is 12.4. The third-order valence-corrected chi connectivity index (χ3v) is 6.57. The fraction of sp³-hybridized carbons (Fsp3) is 0.440. The van der Waals surface area contributed by atoms with E-state index in [4.69, 9.17) is 14.2 Å². The van der Waals surface area contributed by atoms with E-state index in [1.165, 1.54) is 11.8 Å². The molecular formula is C25H33N3O5S. The molecule has 1 heterocycles. The number of nitrogens with one attached hydrogen (secondary N) is 2. The summed E-state index contributed by atoms with van der Waals surface area (Å²) in [6, 6.07) is 13.1. The second-order valence-electron chi connectivity index (χ2n) is 7.78. The summed E-state index contributed by atoms with van der Waals surface area (Å²) < 4.78 is 15.9. The van der Waals surface area contributed by atoms with Crippen LogP contribution >= 0.6 is 11.8 Å². The zero-order valence-electron chi connectivity index (χ0n) is 19.8. The van der Waals surface area contributed by atoms with Crippen LogP contribution in [-0.4, -0.2) is 82.6 Å². The Kier molecular flexibility index (Phi) is 10.5. The van der Waals surface area contributed by atoms with Crippen molar-refractivity contribution in [1.82, 2.24) is 15.5 Å². The van der Waals surface area contributed by atoms with Crippen LogP contribution in [0.1, 0.15) is 15.9 Å². The van der Waals surface area contributed by atoms with E-state index >= 15 is 0 Å². The predicted molar refractivity (Wildman–Crippen MR) is 133 cm³/mol. The first-order chi connectivity index (χ1) is 16.6. The smallest absolute Gasteiger partial charge is 0.252 e. The number of rotatable bonds is 12. The van der Waals surface area contributed by atoms with E-state index in [9.17, 15) is 9.59 Å². The van der Waals surface area contributed by atoms with Gasteiger partial charge in [0.15, 0.2) is 11.5 Å². The quantitative estimate of drug-likeness (QED) is 0.444. The van der Waals surface area contributed by atoms with Gasteiger partial charge in [-0.2, -0.15) is 0 Å². The van der Waals surface area contributed by atoms with E-state index in [2.05, 4.69) is 15.5 Å². The summed E-state index contributed by atoms with van der Waals surface area (Å²) in [6.45, 7) is 5.15. The average molecular weight is 488 g/mol. The highest BCUT2D eigenvalue weighted by Crippen LogP contribution is 2.27. The minimum atomic E-state index is -0.120. The molecule has 1 saturated heterocycles. The standard InChI is InChI=1S/C25H33N3O5S/c1-31-21-8-7-19(17-22(21)32-2)9-10-26-24(29)18-34-23-6-4-3-5-20(23)25(30)27-11-12-28-13-15-33-16-14-28/h3-8,17H,9-16,18H2,1-2H3,(H,26,29)(H,27,30). The Morgan fingerprint density at radius 2 is 1.76 bits per heavy atom. The van der Waals surface area contributed by atoms with Crippen LogP contribution < -0.4 is 20.1 Å². The summed E-state index contributed by atoms with van der Waals surface area (Å²) in [4.78, 5) is 28.1. The molecule has 2 amide bonds. The second-order valence-corrected chi connectivity index (χ2v) is 8.80. The predicted octanol–water partition coefficient (Wildman–Crippen LogP) is 2.22. The summed E-state index contributed by atoms with van der Waals surface area (Å²) in [5, 5.41) is 5.93. The van der Waals surface area contributed by atoms with Crippen LogP contribution in [0, 0.1) is 0 Å². The Bertz CT molecular complexity index is 950. The molecular weight excluding hydrogens is 454 g/mol. The van der Waals surface area contributed by atoms with Crippen molar-refractivity contribution >= 4 is 23.6 Å². The molecule has 2 N–H and O–H groups in total. The van der Waals surface area contributed by atoms with E-state index in [0.29, 0.717) is 36.6 Å². The molecule has 1 fully saturated rings. The molecule has 0 aliphatic carbocycles. The van der Waals surface area contributed by atoms with Gasteiger partial charge in [0.05, 0.1) is 38.7 Å². The average Bonchev–Trinajstić information content (AvgIpc) is 2.88. The van der Waals surface area contributed by atoms with Crippen LogP contribution in [0.25, 0.3) is 0 Å². The molecule has 34 heavy (non-hydrogen) atoms. The van der Waals surface area contributed by atoms with Crippen LogP contribution in [0.4, 0.5) is 0 Å². The van der Waals surface area contributed by atoms with Crippen LogP contribution in [0.3, 0.4) is 0 Å². The Hall–Kier alpha value is -2.75. The normalized spacial score (nSPS) is 13.8. The summed E-state index contributed by atoms with van der Waals surface area (Å²) in [7, 11) is 3.20. The third kappa shape index (κ3) is 7.93. The highest BCUT2D eigenvalue weighted by atomic mass is 32.2. The Morgan fingerprint density at radius 3 is 2.53 bits per heavy atom. The highest BCUT2D eigenvalue weighted by Gasteiger charge is 2.14. The number of amides is 2. The van der Waals surface area contributed by atoms with Gasteiger partial charge in [0, 0.05) is 37.6 Å². The number of morpholine rings is 1. The lowest BCUT2D eigenvalue weighted by molar-refractivity contribution is -0.118. The highest BCUT2D eigenvalue weighted by molar-refractivity contribution is 8.00. The van der Waals surface area contributed by atoms with Gasteiger partial charge in [-0.05, 0) is 36.2 Å². The fourth-order valence-corrected chi connectivity index (χ4v) is 4.48. The molecule has 2 aromatic rings. The maximum atomic E-state index is 12.7. The van der Waals surface area contributed by atoms with Gasteiger partial charge >= 0.3 is 0 Å². The van der Waals surface area contributed by atoms with Crippen LogP contribution in [0.5, 0.6) is 11.5 Å². The zero-order valence-corrected chi connectivity index (χ0v) is 20.6. The minimum Gasteiger partial charge on any atom is -0.493 e. The Morgan fingerprint density at radius 1 is 1.00 bits per heavy atom. The van der Waals surface area contributed by atoms with Gasteiger partial charge in [-0.3, -0.25) is 14.5 Å². The first kappa shape index (κ1) is 25.9. The summed E-state index contributed by atoms with van der Waals surface area (Å²) in [5.74, 6) is 1.39. The molecule has 0 atom stereocenters. The molecule has 1 aliphatic heterocycles. The third-order valence-electron chi connectivity index (χ3n) is 5.49. The summed E-state index contributed by atoms with van der Waals surface area (Å²) in [6.07, 6.45) is 0.679. The van der Waals surface area contributed by atoms with Crippen LogP contribution in [0.2, 0.25) is 0 Å². The van der Waals surface area contributed by atoms with Gasteiger partial charge in [-0.15, -0.1) is 11.8 Å². The van der Waals surface area contributed by atoms with Crippen molar-refractivity contribution in [1.29, 1.82) is 0 Å². The van der Waals surface area contributed by atoms with Gasteiger partial charge in [-0.1, -0.05) is 18.2 Å². The van der Waals surface area contributed by atoms with E-state index in [1.807, 2.05) is 36.4 Å². The van der Waals surface area contributed by atoms with Crippen molar-refractivity contribution in [2.24, 2.45) is 0 Å². The van der Waals surface area contributed by atoms with E-state index in [-0.39, 0.29) is 17.6 Å². The number of carbonyl (C=O) groups excluding carboxylic acids is 2. The van der Waals surface area contributed by atoms with E-state index in [0.717, 1.165) is 43.3 Å². The van der Waals surface area contributed by atoms with Crippen molar-refractivity contribution < 1.29 is 23.8 Å². The minimum absolute atomic E-state index is 0.0759. The van der Waals surface area contributed by atoms with Crippen molar-refractivity contribution in [2.75, 3.05) is 65.9 Å². The molecule has 0 aromatic heterocycles. The van der Waals surface area contributed by atoms with Gasteiger partial charge < -0.3 is 24.8 Å². The number of nitrogens with zero attached hydrogens (tertiary/aromatic N) is 1. The Balaban J connectivity index is 1.42. The second kappa shape index (κ2) is 13.8. The number of thioether (sulfide) groups is 1. The van der Waals surface area contributed by atoms with Gasteiger partial charge in [0.25, 0.3) is 5.91 Å². The number of carbonyl (C=O) groups is 2. The van der Waals surface area contributed by atoms with Crippen LogP contribution in [-0.2, 0) is 16.0 Å². The molecule has 3 rings (SSSR count). The number of methoxy groups -OCH3 is 2. The fourth-order valence-electron chi connectivity index (χ4n) is 3.60. The van der Waals surface area contributed by atoms with Crippen LogP contribution in [0.15, 0.2) is 47.4 Å². The monoisotopic (exact) mass is 487 g/mol. The number of hydrogen-bond donors (Lipinski definition) is 2. The first-order valence-electron chi connectivity index (χ1n) is 11.4. The van der Waals surface area contributed by atoms with E-state index < -0.39 is 0 Å². The lowest BCUT2D eigenvalue weighted by atomic mass is 10.1. The molecule has 0 radical (unpaired) electrons. The number of hydrogen-bond acceptors (Lipinski definition) is 7. The molecule has 1 aliphatic rings. The lowest BCUT2D eigenvalue weighted by Crippen LogP contribution is -2.41. The zero-order chi connectivity index (χ0) is 24.2. The molecule has 0 spiro atoms. The summed E-state index contributed by atoms with van der Waals surface area (Å²) >= 11 is 1.37. The lowest BCUT2D eigenvalue weighted by Gasteiger charge is -2.26. The molecule has 0 unspecified atom stereocenters. The Labute approximate surface area is 205 Å². The van der Waals surface area contributed by atoms with Crippen molar-refractivity contribution in [2.45, 2.75) is 11.3 Å². The largest absolute Gasteiger partial charge is 0.493 e. The number of ether oxygens (including phenoxy) is 3. The molecule has 8 nitrogen and oxygen atoms in total. The van der Waals surface area contributed by atoms with Gasteiger partial charge in [0.2, 0.25) is 5.91 Å². The molecule has 0 saturated carbocycles. The topological polar surface area (TPSA) is 89.1 Å². The van der Waals surface area contributed by atoms with Crippen molar-refractivity contribution in [3.63, 3.8) is 0 Å². The number of benzene rings is 2. The maximum absolute atomic E-state index is 12.7. The van der Waals surface area contributed by atoms with Gasteiger partial charge in [0.1, 0.15) is 0 Å². The van der Waals surface area contributed by atoms with Crippen molar-refractivity contribution in [3.8, 4) is 11.5 Å². The molecule has 2 aromatic carbocycles. The molecule has 9 heteroatoms. The SMILES string of the molecule is COc1ccc(CCNC(=O)CSc2ccccc2C(=O)NCCN2CCOCC2)cc1OC. The molecule has 0 bridgehead atoms. The summed E-state index contributed by atoms with van der Waals surface area (Å²) in [5.41, 5.74) is 1.64. The van der Waals surface area contributed by atoms with E-state index in [1.54, 1.807) is 20.3 Å². The van der Waals surface area contributed by atoms with Crippen molar-refractivity contribution in [3.05, 3.63) is 53.6 Å². The van der Waals surface area contributed by atoms with Gasteiger partial charge in [-0.25, -0.2) is 0 Å².